The van der Waals surface area contributed by atoms with E-state index in [1.54, 1.807) is 0 Å². The molecule has 0 N–H and O–H groups in total. The standard InChI is InChI=1S/2C21H16.6C17H14/c1-15-10-12-16(13-11-15)21-19-8-4-2-6-17(19)14-18-7-3-5-9-20(18)21;1-15-17-11-5-7-13-19(17)21(16-9-3-2-4-10-16)20-14-8-6-12-18(15)20;1-13-6-2-5-9-17(13)16-11-10-14-7-3-4-8-15(14)12-16;1-13-7-2-4-10-15(13)17-12-6-9-14-8-3-5-11-16(14)17;1-13-6-4-9-15(12-13)17-11-5-8-14-7-2-3-10-16(14)17;1-13-5-4-8-15(11-13)17-10-9-14-6-2-3-7-16(14)12-17;1-13-9-11-15(12-10-13)17-8-4-6-14-5-2-3-7-16(14)17;1-13-6-8-15(9-7-13)17-11-10-14-4-2-3-5-16(14)12-17/h2*2-14H,1H3;6*2-12H,1H3. The van der Waals surface area contributed by atoms with Crippen LogP contribution in [0.5, 0.6) is 0 Å². The fourth-order valence-electron chi connectivity index (χ4n) is 19.7. The number of fused-ring (bicyclic) bond motifs is 10. The number of hydrogen-bond donors (Lipinski definition) is 0. The highest BCUT2D eigenvalue weighted by Crippen LogP contribution is 2.42. The molecule has 0 heteroatoms. The molecular formula is C144H116. The molecule has 0 amide bonds. The van der Waals surface area contributed by atoms with Crippen molar-refractivity contribution in [1.29, 1.82) is 0 Å². The summed E-state index contributed by atoms with van der Waals surface area (Å²) >= 11 is 0. The molecule has 0 atom stereocenters. The van der Waals surface area contributed by atoms with Gasteiger partial charge in [0.2, 0.25) is 0 Å². The van der Waals surface area contributed by atoms with E-state index in [0.717, 1.165) is 0 Å². The maximum atomic E-state index is 2.28. The van der Waals surface area contributed by atoms with Crippen LogP contribution in [0.2, 0.25) is 0 Å². The van der Waals surface area contributed by atoms with E-state index in [0.29, 0.717) is 0 Å². The van der Waals surface area contributed by atoms with E-state index in [2.05, 4.69) is 613 Å². The molecule has 0 radical (unpaired) electrons. The Morgan fingerprint density at radius 1 is 0.104 bits per heavy atom. The van der Waals surface area contributed by atoms with Gasteiger partial charge in [0.05, 0.1) is 0 Å². The zero-order valence-electron chi connectivity index (χ0n) is 83.1. The van der Waals surface area contributed by atoms with Crippen LogP contribution >= 0.6 is 0 Å². The van der Waals surface area contributed by atoms with Gasteiger partial charge in [0.15, 0.2) is 0 Å². The van der Waals surface area contributed by atoms with Crippen molar-refractivity contribution in [2.24, 2.45) is 0 Å². The van der Waals surface area contributed by atoms with Crippen molar-refractivity contribution in [2.45, 2.75) is 55.4 Å². The summed E-state index contributed by atoms with van der Waals surface area (Å²) in [4.78, 5) is 0. The quantitative estimate of drug-likeness (QED) is 0.133. The maximum absolute atomic E-state index is 2.28. The summed E-state index contributed by atoms with van der Waals surface area (Å²) in [5, 5.41) is 26.2. The van der Waals surface area contributed by atoms with Gasteiger partial charge < -0.3 is 0 Å². The number of benzene rings is 26. The predicted octanol–water partition coefficient (Wildman–Crippen LogP) is 40.8. The molecule has 0 nitrogen and oxygen atoms in total. The average molecular weight is 1850 g/mol. The van der Waals surface area contributed by atoms with Crippen molar-refractivity contribution in [3.63, 3.8) is 0 Å². The molecule has 26 aromatic carbocycles. The summed E-state index contributed by atoms with van der Waals surface area (Å²) in [6.45, 7) is 17.2. The minimum absolute atomic E-state index is 1.28. The molecule has 0 unspecified atom stereocenters. The fourth-order valence-corrected chi connectivity index (χ4v) is 19.7. The highest BCUT2D eigenvalue weighted by Gasteiger charge is 2.16. The van der Waals surface area contributed by atoms with Gasteiger partial charge in [0.25, 0.3) is 0 Å². The molecule has 0 spiro atoms. The third-order valence-corrected chi connectivity index (χ3v) is 27.3. The van der Waals surface area contributed by atoms with Gasteiger partial charge in [-0.3, -0.25) is 0 Å². The van der Waals surface area contributed by atoms with Crippen LogP contribution in [-0.2, 0) is 0 Å². The molecule has 26 rings (SSSR count). The second-order valence-electron chi connectivity index (χ2n) is 37.4. The van der Waals surface area contributed by atoms with Gasteiger partial charge in [0.1, 0.15) is 0 Å². The Morgan fingerprint density at radius 2 is 0.361 bits per heavy atom. The van der Waals surface area contributed by atoms with Crippen molar-refractivity contribution in [2.75, 3.05) is 0 Å². The average Bonchev–Trinajstić information content (AvgIpc) is 0.741. The van der Waals surface area contributed by atoms with Gasteiger partial charge in [0, 0.05) is 0 Å². The molecule has 0 aliphatic carbocycles. The highest BCUT2D eigenvalue weighted by molar-refractivity contribution is 6.16. The molecule has 26 aromatic rings. The Balaban J connectivity index is 0.000000104. The Hall–Kier alpha value is -17.7. The predicted molar refractivity (Wildman–Crippen MR) is 628 cm³/mol. The molecule has 0 aromatic heterocycles. The van der Waals surface area contributed by atoms with E-state index < -0.39 is 0 Å². The largest absolute Gasteiger partial charge is 0.0622 e. The topological polar surface area (TPSA) is 0 Å². The smallest absolute Gasteiger partial charge is 0.00266 e. The van der Waals surface area contributed by atoms with Gasteiger partial charge in [-0.2, -0.15) is 0 Å². The second-order valence-corrected chi connectivity index (χ2v) is 37.4. The van der Waals surface area contributed by atoms with Gasteiger partial charge in [-0.1, -0.05) is 562 Å². The van der Waals surface area contributed by atoms with Crippen LogP contribution in [-0.4, -0.2) is 0 Å². The minimum Gasteiger partial charge on any atom is -0.0622 e. The van der Waals surface area contributed by atoms with E-state index in [1.165, 1.54) is 241 Å². The lowest BCUT2D eigenvalue weighted by molar-refractivity contribution is 1.46. The van der Waals surface area contributed by atoms with Crippen molar-refractivity contribution >= 4 is 108 Å². The molecule has 0 fully saturated rings. The molecule has 0 saturated heterocycles. The summed E-state index contributed by atoms with van der Waals surface area (Å²) in [7, 11) is 0. The van der Waals surface area contributed by atoms with Crippen LogP contribution in [0.4, 0.5) is 0 Å². The lowest BCUT2D eigenvalue weighted by Gasteiger charge is -2.15. The SMILES string of the molecule is Cc1c2ccccc2c(-c2ccccc2)c2ccccc12.Cc1ccc(-c2c3ccccc3cc3ccccc23)cc1.Cc1ccc(-c2ccc3ccccc3c2)cc1.Cc1ccc(-c2cccc3ccccc23)cc1.Cc1cccc(-c2ccc3ccccc3c2)c1.Cc1cccc(-c2cccc3ccccc23)c1.Cc1ccccc1-c1ccc2ccccc2c1.Cc1ccccc1-c1cccc2ccccc12. The normalized spacial score (nSPS) is 10.8. The van der Waals surface area contributed by atoms with Gasteiger partial charge >= 0.3 is 0 Å². The Morgan fingerprint density at radius 3 is 0.812 bits per heavy atom. The van der Waals surface area contributed by atoms with Gasteiger partial charge in [-0.05, 0) is 293 Å². The lowest BCUT2D eigenvalue weighted by atomic mass is 9.89. The molecule has 0 heterocycles. The fraction of sp³-hybridized carbons (Fsp3) is 0.0556. The first-order chi connectivity index (χ1) is 70.7. The van der Waals surface area contributed by atoms with Crippen LogP contribution in [0.1, 0.15) is 44.5 Å². The minimum atomic E-state index is 1.28. The first-order valence-corrected chi connectivity index (χ1v) is 50.0. The van der Waals surface area contributed by atoms with Crippen LogP contribution in [0, 0.1) is 55.4 Å². The van der Waals surface area contributed by atoms with Crippen molar-refractivity contribution in [3.8, 4) is 89.0 Å². The lowest BCUT2D eigenvalue weighted by Crippen LogP contribution is -1.88. The Labute approximate surface area is 848 Å². The third kappa shape index (κ3) is 22.6. The molecule has 144 heavy (non-hydrogen) atoms. The maximum Gasteiger partial charge on any atom is -0.00266 e. The number of hydrogen-bond acceptors (Lipinski definition) is 0. The van der Waals surface area contributed by atoms with Crippen molar-refractivity contribution < 1.29 is 0 Å². The highest BCUT2D eigenvalue weighted by atomic mass is 14.2. The summed E-state index contributed by atoms with van der Waals surface area (Å²) in [5.74, 6) is 0. The van der Waals surface area contributed by atoms with Crippen LogP contribution in [0.15, 0.2) is 558 Å². The Kier molecular flexibility index (Phi) is 30.1. The molecule has 692 valence electrons. The van der Waals surface area contributed by atoms with Crippen LogP contribution in [0.25, 0.3) is 197 Å². The summed E-state index contributed by atoms with van der Waals surface area (Å²) in [5.41, 5.74) is 31.3. The van der Waals surface area contributed by atoms with Crippen molar-refractivity contribution in [3.05, 3.63) is 603 Å². The summed E-state index contributed by atoms with van der Waals surface area (Å²) in [6.07, 6.45) is 0. The molecule has 0 aliphatic rings. The van der Waals surface area contributed by atoms with Gasteiger partial charge in [-0.25, -0.2) is 0 Å². The first kappa shape index (κ1) is 95.2. The Bertz CT molecular complexity index is 8800. The number of aryl methyl sites for hydroxylation is 8. The van der Waals surface area contributed by atoms with E-state index >= 15 is 0 Å². The van der Waals surface area contributed by atoms with Crippen LogP contribution in [0.3, 0.4) is 0 Å². The summed E-state index contributed by atoms with van der Waals surface area (Å²) in [6, 6.07) is 199. The second kappa shape index (κ2) is 45.5. The molecule has 0 bridgehead atoms. The van der Waals surface area contributed by atoms with E-state index in [9.17, 15) is 0 Å². The molecular weight excluding hydrogens is 1730 g/mol. The van der Waals surface area contributed by atoms with Gasteiger partial charge in [-0.15, -0.1) is 0 Å². The zero-order chi connectivity index (χ0) is 98.5. The molecule has 0 aliphatic heterocycles. The monoisotopic (exact) mass is 1840 g/mol. The summed E-state index contributed by atoms with van der Waals surface area (Å²) < 4.78 is 0. The third-order valence-electron chi connectivity index (χ3n) is 27.3. The van der Waals surface area contributed by atoms with E-state index in [1.807, 2.05) is 0 Å². The van der Waals surface area contributed by atoms with Crippen LogP contribution < -0.4 is 0 Å². The van der Waals surface area contributed by atoms with E-state index in [4.69, 9.17) is 0 Å². The molecule has 0 saturated carbocycles. The number of rotatable bonds is 8. The van der Waals surface area contributed by atoms with Crippen molar-refractivity contribution in [1.82, 2.24) is 0 Å². The van der Waals surface area contributed by atoms with E-state index in [-0.39, 0.29) is 0 Å². The first-order valence-electron chi connectivity index (χ1n) is 50.0. The zero-order valence-corrected chi connectivity index (χ0v) is 83.1.